The van der Waals surface area contributed by atoms with E-state index in [2.05, 4.69) is 0 Å². The van der Waals surface area contributed by atoms with Crippen LogP contribution in [-0.4, -0.2) is 29.1 Å². The quantitative estimate of drug-likeness (QED) is 0.623. The minimum atomic E-state index is -1.12. The number of hydrogen-bond acceptors (Lipinski definition) is 3. The summed E-state index contributed by atoms with van der Waals surface area (Å²) in [6.07, 6.45) is 1.70. The van der Waals surface area contributed by atoms with E-state index in [9.17, 15) is 9.59 Å². The molecule has 0 fully saturated rings. The summed E-state index contributed by atoms with van der Waals surface area (Å²) in [6.45, 7) is 2.31. The second-order valence-electron chi connectivity index (χ2n) is 3.34. The van der Waals surface area contributed by atoms with E-state index in [1.165, 1.54) is 12.1 Å². The molecule has 0 unspecified atom stereocenters. The van der Waals surface area contributed by atoms with Crippen molar-refractivity contribution >= 4 is 11.9 Å². The Bertz CT molecular complexity index is 386. The molecule has 3 N–H and O–H groups in total. The lowest BCUT2D eigenvalue weighted by Gasteiger charge is -2.06. The molecule has 5 nitrogen and oxygen atoms in total. The molecule has 0 atom stereocenters. The number of unbranched alkanes of at least 4 members (excludes halogenated alkanes) is 1. The van der Waals surface area contributed by atoms with Crippen LogP contribution in [-0.2, 0) is 4.74 Å². The van der Waals surface area contributed by atoms with Crippen LogP contribution < -0.4 is 0 Å². The van der Waals surface area contributed by atoms with Crippen LogP contribution in [0.1, 0.15) is 40.5 Å². The molecular formula is C12H16O5. The third-order valence-electron chi connectivity index (χ3n) is 2.11. The molecule has 94 valence electrons. The van der Waals surface area contributed by atoms with Gasteiger partial charge in [-0.1, -0.05) is 25.5 Å². The fourth-order valence-electron chi connectivity index (χ4n) is 1.23. The van der Waals surface area contributed by atoms with Crippen molar-refractivity contribution in [3.63, 3.8) is 0 Å². The maximum absolute atomic E-state index is 11.6. The first-order valence-corrected chi connectivity index (χ1v) is 5.16. The highest BCUT2D eigenvalue weighted by molar-refractivity contribution is 6.02. The molecule has 1 aromatic rings. The Morgan fingerprint density at radius 1 is 1.24 bits per heavy atom. The molecule has 0 heterocycles. The number of carboxylic acids is 1. The van der Waals surface area contributed by atoms with E-state index in [-0.39, 0.29) is 16.6 Å². The summed E-state index contributed by atoms with van der Waals surface area (Å²) in [5.41, 5.74) is 0.0788. The van der Waals surface area contributed by atoms with Crippen molar-refractivity contribution in [1.82, 2.24) is 0 Å². The van der Waals surface area contributed by atoms with Crippen molar-refractivity contribution < 1.29 is 24.9 Å². The number of carbonyl (C=O) groups is 2. The first-order chi connectivity index (χ1) is 7.66. The Hall–Kier alpha value is -1.88. The fourth-order valence-corrected chi connectivity index (χ4v) is 1.23. The largest absolute Gasteiger partial charge is 0.478 e. The molecule has 5 heteroatoms. The van der Waals surface area contributed by atoms with Crippen LogP contribution in [0.5, 0.6) is 0 Å². The van der Waals surface area contributed by atoms with E-state index in [1.54, 1.807) is 12.1 Å². The number of benzene rings is 1. The number of carbonyl (C=O) groups excluding carboxylic acids is 1. The lowest BCUT2D eigenvalue weighted by molar-refractivity contribution is 0.0489. The van der Waals surface area contributed by atoms with Gasteiger partial charge in [0.25, 0.3) is 0 Å². The smallest absolute Gasteiger partial charge is 0.339 e. The standard InChI is InChI=1S/C12H14O4.H2O/c1-2-3-8-16-12(15)10-7-5-4-6-9(10)11(13)14;/h4-7H,2-3,8H2,1H3,(H,13,14);1H2. The first-order valence-electron chi connectivity index (χ1n) is 5.16. The molecule has 0 saturated heterocycles. The van der Waals surface area contributed by atoms with E-state index >= 15 is 0 Å². The van der Waals surface area contributed by atoms with Crippen LogP contribution in [0.3, 0.4) is 0 Å². The van der Waals surface area contributed by atoms with Gasteiger partial charge in [-0.2, -0.15) is 0 Å². The Balaban J connectivity index is 0.00000256. The topological polar surface area (TPSA) is 95.1 Å². The summed E-state index contributed by atoms with van der Waals surface area (Å²) in [4.78, 5) is 22.4. The van der Waals surface area contributed by atoms with E-state index in [0.717, 1.165) is 12.8 Å². The lowest BCUT2D eigenvalue weighted by atomic mass is 10.1. The van der Waals surface area contributed by atoms with Gasteiger partial charge in [0.2, 0.25) is 0 Å². The van der Waals surface area contributed by atoms with Crippen molar-refractivity contribution in [3.05, 3.63) is 35.4 Å². The van der Waals surface area contributed by atoms with Gasteiger partial charge < -0.3 is 15.3 Å². The van der Waals surface area contributed by atoms with E-state index < -0.39 is 11.9 Å². The molecule has 1 rings (SSSR count). The summed E-state index contributed by atoms with van der Waals surface area (Å²) >= 11 is 0. The molecule has 1 aromatic carbocycles. The predicted molar refractivity (Wildman–Crippen MR) is 62.2 cm³/mol. The molecule has 0 spiro atoms. The summed E-state index contributed by atoms with van der Waals surface area (Å²) in [5.74, 6) is -1.70. The van der Waals surface area contributed by atoms with Crippen LogP contribution >= 0.6 is 0 Å². The van der Waals surface area contributed by atoms with Crippen molar-refractivity contribution in [2.45, 2.75) is 19.8 Å². The molecule has 0 bridgehead atoms. The number of hydrogen-bond donors (Lipinski definition) is 1. The fraction of sp³-hybridized carbons (Fsp3) is 0.333. The van der Waals surface area contributed by atoms with Crippen molar-refractivity contribution in [2.75, 3.05) is 6.61 Å². The van der Waals surface area contributed by atoms with Gasteiger partial charge in [-0.05, 0) is 18.6 Å². The average molecular weight is 240 g/mol. The predicted octanol–water partition coefficient (Wildman–Crippen LogP) is 1.52. The summed E-state index contributed by atoms with van der Waals surface area (Å²) in [5, 5.41) is 8.88. The number of aromatic carboxylic acids is 1. The van der Waals surface area contributed by atoms with Crippen molar-refractivity contribution in [2.24, 2.45) is 0 Å². The third kappa shape index (κ3) is 4.24. The van der Waals surface area contributed by atoms with Crippen LogP contribution in [0, 0.1) is 0 Å². The Morgan fingerprint density at radius 2 is 1.82 bits per heavy atom. The zero-order valence-electron chi connectivity index (χ0n) is 9.60. The number of rotatable bonds is 5. The minimum Gasteiger partial charge on any atom is -0.478 e. The minimum absolute atomic E-state index is 0. The maximum Gasteiger partial charge on any atom is 0.339 e. The SMILES string of the molecule is CCCCOC(=O)c1ccccc1C(=O)O.O. The molecule has 0 amide bonds. The van der Waals surface area contributed by atoms with Crippen LogP contribution in [0.2, 0.25) is 0 Å². The van der Waals surface area contributed by atoms with Gasteiger partial charge in [-0.3, -0.25) is 0 Å². The highest BCUT2D eigenvalue weighted by Crippen LogP contribution is 2.10. The van der Waals surface area contributed by atoms with E-state index in [0.29, 0.717) is 6.61 Å². The molecule has 0 saturated carbocycles. The zero-order valence-corrected chi connectivity index (χ0v) is 9.60. The maximum atomic E-state index is 11.6. The Labute approximate surface area is 99.3 Å². The first kappa shape index (κ1) is 15.1. The molecule has 0 aliphatic carbocycles. The summed E-state index contributed by atoms with van der Waals surface area (Å²) in [6, 6.07) is 6.03. The molecule has 0 aliphatic rings. The van der Waals surface area contributed by atoms with Crippen LogP contribution in [0.15, 0.2) is 24.3 Å². The Morgan fingerprint density at radius 3 is 2.35 bits per heavy atom. The van der Waals surface area contributed by atoms with Gasteiger partial charge >= 0.3 is 11.9 Å². The summed E-state index contributed by atoms with van der Waals surface area (Å²) < 4.78 is 4.96. The molecule has 0 aromatic heterocycles. The average Bonchev–Trinajstić information content (AvgIpc) is 2.29. The second kappa shape index (κ2) is 7.40. The van der Waals surface area contributed by atoms with Gasteiger partial charge in [0.15, 0.2) is 0 Å². The van der Waals surface area contributed by atoms with Gasteiger partial charge in [0.1, 0.15) is 0 Å². The molecule has 0 radical (unpaired) electrons. The third-order valence-corrected chi connectivity index (χ3v) is 2.11. The molecule has 0 aliphatic heterocycles. The van der Waals surface area contributed by atoms with Crippen LogP contribution in [0.25, 0.3) is 0 Å². The molecular weight excluding hydrogens is 224 g/mol. The highest BCUT2D eigenvalue weighted by Gasteiger charge is 2.16. The normalized spacial score (nSPS) is 9.24. The van der Waals surface area contributed by atoms with Gasteiger partial charge in [0, 0.05) is 0 Å². The molecule has 17 heavy (non-hydrogen) atoms. The van der Waals surface area contributed by atoms with Crippen molar-refractivity contribution in [3.8, 4) is 0 Å². The van der Waals surface area contributed by atoms with E-state index in [1.807, 2.05) is 6.92 Å². The Kier molecular flexibility index (Phi) is 6.58. The number of ether oxygens (including phenoxy) is 1. The van der Waals surface area contributed by atoms with Gasteiger partial charge in [0.05, 0.1) is 17.7 Å². The zero-order chi connectivity index (χ0) is 12.0. The van der Waals surface area contributed by atoms with Gasteiger partial charge in [-0.15, -0.1) is 0 Å². The second-order valence-corrected chi connectivity index (χ2v) is 3.34. The number of carboxylic acid groups (broad SMARTS) is 1. The highest BCUT2D eigenvalue weighted by atomic mass is 16.5. The van der Waals surface area contributed by atoms with E-state index in [4.69, 9.17) is 9.84 Å². The van der Waals surface area contributed by atoms with Gasteiger partial charge in [-0.25, -0.2) is 9.59 Å². The van der Waals surface area contributed by atoms with Crippen LogP contribution in [0.4, 0.5) is 0 Å². The monoisotopic (exact) mass is 240 g/mol. The number of esters is 1. The summed E-state index contributed by atoms with van der Waals surface area (Å²) in [7, 11) is 0. The lowest BCUT2D eigenvalue weighted by Crippen LogP contribution is -2.12. The van der Waals surface area contributed by atoms with Crippen molar-refractivity contribution in [1.29, 1.82) is 0 Å².